The lowest BCUT2D eigenvalue weighted by Gasteiger charge is -2.05. The highest BCUT2D eigenvalue weighted by Gasteiger charge is 2.26. The van der Waals surface area contributed by atoms with E-state index >= 15 is 0 Å². The summed E-state index contributed by atoms with van der Waals surface area (Å²) in [4.78, 5) is 29.1. The van der Waals surface area contributed by atoms with Crippen molar-refractivity contribution in [3.05, 3.63) is 106 Å². The van der Waals surface area contributed by atoms with Crippen LogP contribution in [0.25, 0.3) is 6.08 Å². The number of ether oxygens (including phenoxy) is 1. The van der Waals surface area contributed by atoms with Crippen LogP contribution in [0.2, 0.25) is 0 Å². The SMILES string of the molecule is O=C1ON=C(c2ccc(Br)cc2)/C1=C/c1ccc(OC(=O)c2ccccc2)cc1. The van der Waals surface area contributed by atoms with Crippen molar-refractivity contribution in [3.63, 3.8) is 0 Å². The molecule has 3 aromatic carbocycles. The molecule has 142 valence electrons. The first-order valence-corrected chi connectivity index (χ1v) is 9.54. The summed E-state index contributed by atoms with van der Waals surface area (Å²) in [6, 6.07) is 23.1. The molecule has 0 radical (unpaired) electrons. The summed E-state index contributed by atoms with van der Waals surface area (Å²) in [5.41, 5.74) is 2.84. The zero-order chi connectivity index (χ0) is 20.2. The zero-order valence-electron chi connectivity index (χ0n) is 15.0. The van der Waals surface area contributed by atoms with Crippen LogP contribution in [0, 0.1) is 0 Å². The molecule has 0 fully saturated rings. The van der Waals surface area contributed by atoms with Crippen molar-refractivity contribution >= 4 is 39.7 Å². The Labute approximate surface area is 175 Å². The molecule has 0 saturated carbocycles. The Morgan fingerprint density at radius 3 is 2.31 bits per heavy atom. The minimum atomic E-state index is -0.512. The quantitative estimate of drug-likeness (QED) is 0.244. The van der Waals surface area contributed by atoms with E-state index in [4.69, 9.17) is 9.57 Å². The highest BCUT2D eigenvalue weighted by molar-refractivity contribution is 9.10. The molecule has 0 spiro atoms. The summed E-state index contributed by atoms with van der Waals surface area (Å²) in [6.07, 6.45) is 1.69. The van der Waals surface area contributed by atoms with Crippen LogP contribution in [0.4, 0.5) is 0 Å². The largest absolute Gasteiger partial charge is 0.423 e. The van der Waals surface area contributed by atoms with Gasteiger partial charge in [-0.05, 0) is 48.0 Å². The topological polar surface area (TPSA) is 65.0 Å². The normalized spacial score (nSPS) is 14.4. The number of oxime groups is 1. The summed E-state index contributed by atoms with van der Waals surface area (Å²) in [7, 11) is 0. The number of benzene rings is 3. The van der Waals surface area contributed by atoms with Gasteiger partial charge in [0.05, 0.1) is 11.1 Å². The van der Waals surface area contributed by atoms with Crippen LogP contribution in [0.15, 0.2) is 94.1 Å². The number of rotatable bonds is 4. The number of halogens is 1. The van der Waals surface area contributed by atoms with Gasteiger partial charge >= 0.3 is 11.9 Å². The van der Waals surface area contributed by atoms with Gasteiger partial charge in [-0.1, -0.05) is 63.6 Å². The van der Waals surface area contributed by atoms with Gasteiger partial charge in [0, 0.05) is 10.0 Å². The molecule has 0 saturated heterocycles. The maximum absolute atomic E-state index is 12.1. The Hall–Kier alpha value is -3.51. The van der Waals surface area contributed by atoms with Gasteiger partial charge in [-0.3, -0.25) is 0 Å². The van der Waals surface area contributed by atoms with Crippen molar-refractivity contribution in [2.75, 3.05) is 0 Å². The van der Waals surface area contributed by atoms with E-state index in [-0.39, 0.29) is 0 Å². The Morgan fingerprint density at radius 1 is 0.931 bits per heavy atom. The van der Waals surface area contributed by atoms with Gasteiger partial charge in [-0.2, -0.15) is 0 Å². The van der Waals surface area contributed by atoms with Crippen molar-refractivity contribution in [2.24, 2.45) is 5.16 Å². The third kappa shape index (κ3) is 4.33. The van der Waals surface area contributed by atoms with E-state index in [9.17, 15) is 9.59 Å². The average Bonchev–Trinajstić information content (AvgIpc) is 3.11. The Balaban J connectivity index is 1.53. The summed E-state index contributed by atoms with van der Waals surface area (Å²) in [5.74, 6) is -0.528. The highest BCUT2D eigenvalue weighted by Crippen LogP contribution is 2.23. The van der Waals surface area contributed by atoms with E-state index in [1.165, 1.54) is 0 Å². The van der Waals surface area contributed by atoms with E-state index in [1.807, 2.05) is 30.3 Å². The summed E-state index contributed by atoms with van der Waals surface area (Å²) >= 11 is 3.38. The summed E-state index contributed by atoms with van der Waals surface area (Å²) < 4.78 is 6.30. The Kier molecular flexibility index (Phi) is 5.35. The lowest BCUT2D eigenvalue weighted by molar-refractivity contribution is -0.136. The van der Waals surface area contributed by atoms with Gasteiger partial charge < -0.3 is 9.57 Å². The molecule has 0 aliphatic carbocycles. The van der Waals surface area contributed by atoms with Gasteiger partial charge in [0.2, 0.25) is 0 Å². The minimum Gasteiger partial charge on any atom is -0.423 e. The molecule has 0 amide bonds. The number of hydrogen-bond donors (Lipinski definition) is 0. The van der Waals surface area contributed by atoms with Gasteiger partial charge in [0.15, 0.2) is 0 Å². The van der Waals surface area contributed by atoms with Crippen LogP contribution in [0.3, 0.4) is 0 Å². The lowest BCUT2D eigenvalue weighted by Crippen LogP contribution is -2.08. The number of nitrogens with zero attached hydrogens (tertiary/aromatic N) is 1. The van der Waals surface area contributed by atoms with E-state index in [1.54, 1.807) is 54.6 Å². The van der Waals surface area contributed by atoms with Crippen LogP contribution in [-0.2, 0) is 9.63 Å². The van der Waals surface area contributed by atoms with Crippen LogP contribution < -0.4 is 4.74 Å². The molecule has 0 aromatic heterocycles. The molecule has 29 heavy (non-hydrogen) atoms. The van der Waals surface area contributed by atoms with E-state index in [2.05, 4.69) is 21.1 Å². The first-order chi connectivity index (χ1) is 14.1. The van der Waals surface area contributed by atoms with Crippen LogP contribution in [0.1, 0.15) is 21.5 Å². The first kappa shape index (κ1) is 18.8. The maximum Gasteiger partial charge on any atom is 0.368 e. The summed E-state index contributed by atoms with van der Waals surface area (Å²) in [6.45, 7) is 0. The molecule has 5 nitrogen and oxygen atoms in total. The van der Waals surface area contributed by atoms with Crippen molar-refractivity contribution in [1.29, 1.82) is 0 Å². The molecule has 0 unspecified atom stereocenters. The van der Waals surface area contributed by atoms with Crippen LogP contribution in [0.5, 0.6) is 5.75 Å². The number of carbonyl (C=O) groups excluding carboxylic acids is 2. The molecule has 1 aliphatic rings. The highest BCUT2D eigenvalue weighted by atomic mass is 79.9. The zero-order valence-corrected chi connectivity index (χ0v) is 16.6. The predicted molar refractivity (Wildman–Crippen MR) is 113 cm³/mol. The van der Waals surface area contributed by atoms with Crippen molar-refractivity contribution in [1.82, 2.24) is 0 Å². The van der Waals surface area contributed by atoms with Gasteiger partial charge in [-0.25, -0.2) is 9.59 Å². The molecular formula is C23H14BrNO4. The molecule has 1 aliphatic heterocycles. The van der Waals surface area contributed by atoms with Crippen molar-refractivity contribution < 1.29 is 19.2 Å². The molecule has 0 bridgehead atoms. The average molecular weight is 448 g/mol. The summed E-state index contributed by atoms with van der Waals surface area (Å²) in [5, 5.41) is 3.90. The van der Waals surface area contributed by atoms with Gasteiger partial charge in [0.25, 0.3) is 0 Å². The van der Waals surface area contributed by atoms with E-state index < -0.39 is 11.9 Å². The van der Waals surface area contributed by atoms with Crippen molar-refractivity contribution in [2.45, 2.75) is 0 Å². The van der Waals surface area contributed by atoms with E-state index in [0.717, 1.165) is 15.6 Å². The Bertz CT molecular complexity index is 1120. The Morgan fingerprint density at radius 2 is 1.62 bits per heavy atom. The third-order valence-electron chi connectivity index (χ3n) is 4.22. The second-order valence-corrected chi connectivity index (χ2v) is 7.12. The second kappa shape index (κ2) is 8.24. The molecule has 3 aromatic rings. The minimum absolute atomic E-state index is 0.362. The van der Waals surface area contributed by atoms with Crippen molar-refractivity contribution in [3.8, 4) is 5.75 Å². The van der Waals surface area contributed by atoms with Gasteiger partial charge in [-0.15, -0.1) is 0 Å². The molecular weight excluding hydrogens is 434 g/mol. The molecule has 6 heteroatoms. The predicted octanol–water partition coefficient (Wildman–Crippen LogP) is 5.01. The smallest absolute Gasteiger partial charge is 0.368 e. The molecule has 1 heterocycles. The van der Waals surface area contributed by atoms with Crippen LogP contribution >= 0.6 is 15.9 Å². The number of esters is 1. The second-order valence-electron chi connectivity index (χ2n) is 6.21. The molecule has 0 atom stereocenters. The maximum atomic E-state index is 12.1. The van der Waals surface area contributed by atoms with Gasteiger partial charge in [0.1, 0.15) is 11.5 Å². The molecule has 0 N–H and O–H groups in total. The van der Waals surface area contributed by atoms with E-state index in [0.29, 0.717) is 22.6 Å². The third-order valence-corrected chi connectivity index (χ3v) is 4.75. The number of carbonyl (C=O) groups is 2. The first-order valence-electron chi connectivity index (χ1n) is 8.75. The number of hydrogen-bond acceptors (Lipinski definition) is 5. The molecule has 4 rings (SSSR count). The van der Waals surface area contributed by atoms with Crippen LogP contribution in [-0.4, -0.2) is 17.7 Å². The lowest BCUT2D eigenvalue weighted by atomic mass is 10.0. The fourth-order valence-electron chi connectivity index (χ4n) is 2.76. The standard InChI is InChI=1S/C23H14BrNO4/c24-18-10-8-16(9-11-18)21-20(23(27)29-25-21)14-15-6-12-19(13-7-15)28-22(26)17-4-2-1-3-5-17/h1-14H/b20-14-. The fourth-order valence-corrected chi connectivity index (χ4v) is 3.03. The monoisotopic (exact) mass is 447 g/mol. The fraction of sp³-hybridized carbons (Fsp3) is 0.